The molecule has 1 N–H and O–H groups in total. The third-order valence-electron chi connectivity index (χ3n) is 2.50. The largest absolute Gasteiger partial charge is 0.484 e. The zero-order valence-electron chi connectivity index (χ0n) is 10.5. The van der Waals surface area contributed by atoms with E-state index in [0.29, 0.717) is 5.75 Å². The lowest BCUT2D eigenvalue weighted by molar-refractivity contribution is -0.118. The fourth-order valence-electron chi connectivity index (χ4n) is 1.55. The van der Waals surface area contributed by atoms with E-state index in [1.807, 2.05) is 55.5 Å². The van der Waals surface area contributed by atoms with Crippen molar-refractivity contribution >= 4 is 27.5 Å². The second-order valence-electron chi connectivity index (χ2n) is 4.16. The quantitative estimate of drug-likeness (QED) is 0.931. The fraction of sp³-hybridized carbons (Fsp3) is 0.133. The van der Waals surface area contributed by atoms with E-state index in [0.717, 1.165) is 15.7 Å². The van der Waals surface area contributed by atoms with Crippen LogP contribution in [0.5, 0.6) is 5.75 Å². The normalized spacial score (nSPS) is 10.0. The first-order valence-electron chi connectivity index (χ1n) is 5.88. The van der Waals surface area contributed by atoms with Crippen LogP contribution in [0.25, 0.3) is 0 Å². The Morgan fingerprint density at radius 1 is 1.21 bits per heavy atom. The van der Waals surface area contributed by atoms with Crippen molar-refractivity contribution in [1.82, 2.24) is 0 Å². The number of nitrogens with one attached hydrogen (secondary N) is 1. The van der Waals surface area contributed by atoms with E-state index in [1.165, 1.54) is 0 Å². The summed E-state index contributed by atoms with van der Waals surface area (Å²) in [6.07, 6.45) is 0. The third-order valence-corrected chi connectivity index (χ3v) is 2.99. The van der Waals surface area contributed by atoms with Gasteiger partial charge in [0.25, 0.3) is 5.91 Å². The minimum absolute atomic E-state index is 0.00439. The Kier molecular flexibility index (Phi) is 4.58. The summed E-state index contributed by atoms with van der Waals surface area (Å²) < 4.78 is 6.32. The summed E-state index contributed by atoms with van der Waals surface area (Å²) in [7, 11) is 0. The van der Waals surface area contributed by atoms with Gasteiger partial charge < -0.3 is 10.1 Å². The Labute approximate surface area is 120 Å². The highest BCUT2D eigenvalue weighted by molar-refractivity contribution is 9.10. The maximum absolute atomic E-state index is 11.7. The molecule has 0 radical (unpaired) electrons. The number of carbonyl (C=O) groups excluding carboxylic acids is 1. The molecule has 0 spiro atoms. The average Bonchev–Trinajstić information content (AvgIpc) is 2.38. The van der Waals surface area contributed by atoms with Crippen molar-refractivity contribution in [2.45, 2.75) is 6.92 Å². The van der Waals surface area contributed by atoms with Crippen LogP contribution in [0.4, 0.5) is 5.69 Å². The molecule has 2 aromatic rings. The van der Waals surface area contributed by atoms with Gasteiger partial charge in [-0.3, -0.25) is 4.79 Å². The Hall–Kier alpha value is -1.81. The van der Waals surface area contributed by atoms with Crippen molar-refractivity contribution in [2.24, 2.45) is 0 Å². The minimum Gasteiger partial charge on any atom is -0.484 e. The molecule has 0 atom stereocenters. The molecule has 0 saturated heterocycles. The van der Waals surface area contributed by atoms with Gasteiger partial charge in [-0.25, -0.2) is 0 Å². The molecule has 0 aliphatic rings. The molecule has 0 fully saturated rings. The summed E-state index contributed by atoms with van der Waals surface area (Å²) in [5.74, 6) is 0.508. The third kappa shape index (κ3) is 4.41. The number of amides is 1. The zero-order valence-corrected chi connectivity index (χ0v) is 12.1. The van der Waals surface area contributed by atoms with Crippen LogP contribution >= 0.6 is 15.9 Å². The van der Waals surface area contributed by atoms with Crippen molar-refractivity contribution in [3.8, 4) is 5.75 Å². The minimum atomic E-state index is -0.182. The first-order valence-corrected chi connectivity index (χ1v) is 6.68. The molecule has 0 unspecified atom stereocenters. The van der Waals surface area contributed by atoms with Gasteiger partial charge in [-0.15, -0.1) is 0 Å². The highest BCUT2D eigenvalue weighted by Crippen LogP contribution is 2.16. The molecule has 98 valence electrons. The van der Waals surface area contributed by atoms with Gasteiger partial charge in [-0.1, -0.05) is 39.7 Å². The Morgan fingerprint density at radius 3 is 2.63 bits per heavy atom. The predicted molar refractivity (Wildman–Crippen MR) is 79.4 cm³/mol. The Bertz CT molecular complexity index is 567. The summed E-state index contributed by atoms with van der Waals surface area (Å²) in [6, 6.07) is 15.0. The molecule has 0 aliphatic carbocycles. The smallest absolute Gasteiger partial charge is 0.262 e. The van der Waals surface area contributed by atoms with E-state index >= 15 is 0 Å². The van der Waals surface area contributed by atoms with Gasteiger partial charge in [-0.05, 0) is 37.3 Å². The molecule has 0 aromatic heterocycles. The molecule has 2 aromatic carbocycles. The van der Waals surface area contributed by atoms with Crippen molar-refractivity contribution in [2.75, 3.05) is 11.9 Å². The van der Waals surface area contributed by atoms with E-state index in [1.54, 1.807) is 0 Å². The number of hydrogen-bond donors (Lipinski definition) is 1. The van der Waals surface area contributed by atoms with Crippen LogP contribution in [0, 0.1) is 6.92 Å². The van der Waals surface area contributed by atoms with Gasteiger partial charge in [0.1, 0.15) is 5.75 Å². The number of anilines is 1. The summed E-state index contributed by atoms with van der Waals surface area (Å²) in [5, 5.41) is 2.77. The number of halogens is 1. The van der Waals surface area contributed by atoms with Crippen molar-refractivity contribution in [1.29, 1.82) is 0 Å². The molecular formula is C15H14BrNO2. The molecule has 0 aliphatic heterocycles. The number of carbonyl (C=O) groups is 1. The van der Waals surface area contributed by atoms with Crippen LogP contribution in [0.2, 0.25) is 0 Å². The lowest BCUT2D eigenvalue weighted by Crippen LogP contribution is -2.20. The molecule has 19 heavy (non-hydrogen) atoms. The van der Waals surface area contributed by atoms with Gasteiger partial charge in [0.2, 0.25) is 0 Å². The second kappa shape index (κ2) is 6.38. The Balaban J connectivity index is 1.86. The maximum atomic E-state index is 11.7. The first-order chi connectivity index (χ1) is 9.13. The molecule has 2 rings (SSSR count). The maximum Gasteiger partial charge on any atom is 0.262 e. The lowest BCUT2D eigenvalue weighted by Gasteiger charge is -2.08. The topological polar surface area (TPSA) is 38.3 Å². The number of rotatable bonds is 4. The standard InChI is InChI=1S/C15H14BrNO2/c1-11-5-7-14(8-6-11)19-10-15(18)17-13-4-2-3-12(16)9-13/h2-9H,10H2,1H3,(H,17,18). The number of aryl methyl sites for hydroxylation is 1. The van der Waals surface area contributed by atoms with Gasteiger partial charge in [0.15, 0.2) is 6.61 Å². The fourth-order valence-corrected chi connectivity index (χ4v) is 1.95. The molecule has 1 amide bonds. The van der Waals surface area contributed by atoms with Crippen LogP contribution in [-0.4, -0.2) is 12.5 Å². The molecule has 3 nitrogen and oxygen atoms in total. The number of benzene rings is 2. The van der Waals surface area contributed by atoms with E-state index in [4.69, 9.17) is 4.74 Å². The molecule has 0 saturated carbocycles. The van der Waals surface area contributed by atoms with Gasteiger partial charge >= 0.3 is 0 Å². The predicted octanol–water partition coefficient (Wildman–Crippen LogP) is 3.78. The van der Waals surface area contributed by atoms with Crippen molar-refractivity contribution in [3.05, 3.63) is 58.6 Å². The van der Waals surface area contributed by atoms with Crippen LogP contribution < -0.4 is 10.1 Å². The van der Waals surface area contributed by atoms with E-state index in [9.17, 15) is 4.79 Å². The first kappa shape index (κ1) is 13.6. The summed E-state index contributed by atoms with van der Waals surface area (Å²) in [6.45, 7) is 2.00. The second-order valence-corrected chi connectivity index (χ2v) is 5.08. The Morgan fingerprint density at radius 2 is 1.95 bits per heavy atom. The molecular weight excluding hydrogens is 306 g/mol. The van der Waals surface area contributed by atoms with E-state index < -0.39 is 0 Å². The molecule has 0 bridgehead atoms. The number of hydrogen-bond acceptors (Lipinski definition) is 2. The average molecular weight is 320 g/mol. The SMILES string of the molecule is Cc1ccc(OCC(=O)Nc2cccc(Br)c2)cc1. The van der Waals surface area contributed by atoms with Crippen LogP contribution in [0.3, 0.4) is 0 Å². The zero-order chi connectivity index (χ0) is 13.7. The van der Waals surface area contributed by atoms with Crippen molar-refractivity contribution < 1.29 is 9.53 Å². The monoisotopic (exact) mass is 319 g/mol. The van der Waals surface area contributed by atoms with Gasteiger partial charge in [-0.2, -0.15) is 0 Å². The van der Waals surface area contributed by atoms with Crippen LogP contribution in [-0.2, 0) is 4.79 Å². The highest BCUT2D eigenvalue weighted by Gasteiger charge is 2.03. The van der Waals surface area contributed by atoms with Gasteiger partial charge in [0, 0.05) is 10.2 Å². The van der Waals surface area contributed by atoms with Crippen molar-refractivity contribution in [3.63, 3.8) is 0 Å². The summed E-state index contributed by atoms with van der Waals surface area (Å²) in [4.78, 5) is 11.7. The lowest BCUT2D eigenvalue weighted by atomic mass is 10.2. The highest BCUT2D eigenvalue weighted by atomic mass is 79.9. The molecule has 0 heterocycles. The number of ether oxygens (including phenoxy) is 1. The van der Waals surface area contributed by atoms with Gasteiger partial charge in [0.05, 0.1) is 0 Å². The summed E-state index contributed by atoms with van der Waals surface area (Å²) in [5.41, 5.74) is 1.90. The summed E-state index contributed by atoms with van der Waals surface area (Å²) >= 11 is 3.35. The van der Waals surface area contributed by atoms with E-state index in [2.05, 4.69) is 21.2 Å². The molecule has 4 heteroatoms. The van der Waals surface area contributed by atoms with Crippen LogP contribution in [0.1, 0.15) is 5.56 Å². The van der Waals surface area contributed by atoms with E-state index in [-0.39, 0.29) is 12.5 Å². The van der Waals surface area contributed by atoms with Crippen LogP contribution in [0.15, 0.2) is 53.0 Å².